The van der Waals surface area contributed by atoms with Crippen molar-refractivity contribution < 1.29 is 14.9 Å². The second-order valence-electron chi connectivity index (χ2n) is 5.61. The van der Waals surface area contributed by atoms with E-state index in [0.717, 1.165) is 6.54 Å². The number of aliphatic hydroxyl groups excluding tert-OH is 2. The van der Waals surface area contributed by atoms with Crippen molar-refractivity contribution >= 4 is 24.8 Å². The van der Waals surface area contributed by atoms with Crippen molar-refractivity contribution in [1.82, 2.24) is 14.9 Å². The molecule has 0 aromatic carbocycles. The van der Waals surface area contributed by atoms with Gasteiger partial charge in [-0.2, -0.15) is 0 Å². The van der Waals surface area contributed by atoms with E-state index in [1.165, 1.54) is 0 Å². The molecular weight excluding hydrogens is 317 g/mol. The molecule has 1 saturated carbocycles. The molecule has 0 spiro atoms. The van der Waals surface area contributed by atoms with Crippen LogP contribution >= 0.6 is 24.8 Å². The van der Waals surface area contributed by atoms with Crippen LogP contribution in [-0.4, -0.2) is 64.5 Å². The molecule has 122 valence electrons. The van der Waals surface area contributed by atoms with Crippen molar-refractivity contribution in [2.75, 3.05) is 27.2 Å². The fraction of sp³-hybridized carbons (Fsp3) is 0.692. The Labute approximate surface area is 137 Å². The predicted molar refractivity (Wildman–Crippen MR) is 84.3 cm³/mol. The molecule has 1 aromatic rings. The van der Waals surface area contributed by atoms with Crippen molar-refractivity contribution in [2.45, 2.75) is 25.0 Å². The fourth-order valence-corrected chi connectivity index (χ4v) is 2.79. The van der Waals surface area contributed by atoms with E-state index in [1.54, 1.807) is 18.6 Å². The Morgan fingerprint density at radius 3 is 2.33 bits per heavy atom. The summed E-state index contributed by atoms with van der Waals surface area (Å²) in [4.78, 5) is 10.1. The zero-order chi connectivity index (χ0) is 13.9. The summed E-state index contributed by atoms with van der Waals surface area (Å²) in [7, 11) is 3.95. The first-order chi connectivity index (χ1) is 9.01. The van der Waals surface area contributed by atoms with Crippen LogP contribution in [0.4, 0.5) is 0 Å². The molecule has 0 saturated heterocycles. The van der Waals surface area contributed by atoms with Crippen LogP contribution in [0.25, 0.3) is 0 Å². The minimum atomic E-state index is -0.676. The molecule has 0 bridgehead atoms. The Hall–Kier alpha value is -0.660. The lowest BCUT2D eigenvalue weighted by Crippen LogP contribution is -2.37. The van der Waals surface area contributed by atoms with Gasteiger partial charge in [-0.05, 0) is 26.9 Å². The number of aromatic nitrogens is 2. The minimum absolute atomic E-state index is 0. The van der Waals surface area contributed by atoms with E-state index in [1.807, 2.05) is 19.0 Å². The van der Waals surface area contributed by atoms with E-state index in [4.69, 9.17) is 4.74 Å². The average Bonchev–Trinajstić information content (AvgIpc) is 2.63. The summed E-state index contributed by atoms with van der Waals surface area (Å²) < 4.78 is 5.67. The lowest BCUT2D eigenvalue weighted by Gasteiger charge is -2.31. The maximum Gasteiger partial charge on any atom is 0.232 e. The van der Waals surface area contributed by atoms with Crippen molar-refractivity contribution in [3.63, 3.8) is 0 Å². The second kappa shape index (κ2) is 8.70. The molecule has 0 radical (unpaired) electrons. The normalized spacial score (nSPS) is 27.9. The minimum Gasteiger partial charge on any atom is -0.476 e. The van der Waals surface area contributed by atoms with E-state index in [0.29, 0.717) is 25.3 Å². The summed E-state index contributed by atoms with van der Waals surface area (Å²) >= 11 is 0. The van der Waals surface area contributed by atoms with Gasteiger partial charge < -0.3 is 19.8 Å². The SMILES string of the molecule is CN(C)CC1(COc2cnccn2)C[C@@H](O)[C@@H](O)C1.Cl.Cl. The van der Waals surface area contributed by atoms with Crippen LogP contribution in [0.15, 0.2) is 18.6 Å². The van der Waals surface area contributed by atoms with Crippen molar-refractivity contribution in [2.24, 2.45) is 5.41 Å². The molecule has 21 heavy (non-hydrogen) atoms. The first-order valence-electron chi connectivity index (χ1n) is 6.40. The molecule has 1 unspecified atom stereocenters. The molecule has 1 aliphatic rings. The molecule has 0 aliphatic heterocycles. The van der Waals surface area contributed by atoms with Gasteiger partial charge in [-0.1, -0.05) is 0 Å². The topological polar surface area (TPSA) is 78.7 Å². The monoisotopic (exact) mass is 339 g/mol. The highest BCUT2D eigenvalue weighted by Crippen LogP contribution is 2.39. The van der Waals surface area contributed by atoms with Gasteiger partial charge in [0.25, 0.3) is 0 Å². The average molecular weight is 340 g/mol. The highest BCUT2D eigenvalue weighted by atomic mass is 35.5. The molecule has 1 heterocycles. The summed E-state index contributed by atoms with van der Waals surface area (Å²) in [5.41, 5.74) is -0.250. The van der Waals surface area contributed by atoms with Crippen LogP contribution in [-0.2, 0) is 0 Å². The molecule has 1 aromatic heterocycles. The van der Waals surface area contributed by atoms with Crippen molar-refractivity contribution in [3.8, 4) is 5.88 Å². The molecule has 1 fully saturated rings. The first kappa shape index (κ1) is 20.3. The summed E-state index contributed by atoms with van der Waals surface area (Å²) in [5, 5.41) is 19.6. The standard InChI is InChI=1S/C13H21N3O3.2ClH/c1-16(2)8-13(5-10(17)11(18)6-13)9-19-12-7-14-3-4-15-12;;/h3-4,7,10-11,17-18H,5-6,8-9H2,1-2H3;2*1H/t10-,11+,13?;;. The Balaban J connectivity index is 0.00000200. The highest BCUT2D eigenvalue weighted by molar-refractivity contribution is 5.85. The smallest absolute Gasteiger partial charge is 0.232 e. The third-order valence-corrected chi connectivity index (χ3v) is 3.45. The number of rotatable bonds is 5. The van der Waals surface area contributed by atoms with Crippen LogP contribution in [0.1, 0.15) is 12.8 Å². The van der Waals surface area contributed by atoms with Crippen molar-refractivity contribution in [3.05, 3.63) is 18.6 Å². The quantitative estimate of drug-likeness (QED) is 0.824. The third kappa shape index (κ3) is 5.56. The lowest BCUT2D eigenvalue weighted by molar-refractivity contribution is 0.0438. The Kier molecular flexibility index (Phi) is 8.43. The number of halogens is 2. The van der Waals surface area contributed by atoms with E-state index in [-0.39, 0.29) is 30.2 Å². The zero-order valence-electron chi connectivity index (χ0n) is 12.2. The van der Waals surface area contributed by atoms with E-state index in [2.05, 4.69) is 9.97 Å². The Morgan fingerprint density at radius 2 is 1.86 bits per heavy atom. The third-order valence-electron chi connectivity index (χ3n) is 3.45. The van der Waals surface area contributed by atoms with Gasteiger partial charge in [-0.3, -0.25) is 4.98 Å². The molecular formula is C13H23Cl2N3O3. The van der Waals surface area contributed by atoms with Gasteiger partial charge in [0.05, 0.1) is 25.0 Å². The predicted octanol–water partition coefficient (Wildman–Crippen LogP) is 0.763. The van der Waals surface area contributed by atoms with Crippen LogP contribution in [0, 0.1) is 5.41 Å². The molecule has 8 heteroatoms. The van der Waals surface area contributed by atoms with E-state index < -0.39 is 12.2 Å². The van der Waals surface area contributed by atoms with Gasteiger partial charge in [0.15, 0.2) is 0 Å². The van der Waals surface area contributed by atoms with Gasteiger partial charge >= 0.3 is 0 Å². The molecule has 3 atom stereocenters. The second-order valence-corrected chi connectivity index (χ2v) is 5.61. The van der Waals surface area contributed by atoms with E-state index in [9.17, 15) is 10.2 Å². The Morgan fingerprint density at radius 1 is 1.24 bits per heavy atom. The number of hydrogen-bond acceptors (Lipinski definition) is 6. The summed E-state index contributed by atoms with van der Waals surface area (Å²) in [5.74, 6) is 0.469. The first-order valence-corrected chi connectivity index (χ1v) is 6.40. The maximum atomic E-state index is 9.79. The molecule has 2 rings (SSSR count). The van der Waals surface area contributed by atoms with Crippen LogP contribution in [0.5, 0.6) is 5.88 Å². The molecule has 0 amide bonds. The van der Waals surface area contributed by atoms with Crippen LogP contribution in [0.3, 0.4) is 0 Å². The fourth-order valence-electron chi connectivity index (χ4n) is 2.79. The van der Waals surface area contributed by atoms with Gasteiger partial charge in [0.2, 0.25) is 5.88 Å². The summed E-state index contributed by atoms with van der Waals surface area (Å²) in [6.07, 6.45) is 4.44. The molecule has 6 nitrogen and oxygen atoms in total. The number of hydrogen-bond donors (Lipinski definition) is 2. The number of nitrogens with zero attached hydrogens (tertiary/aromatic N) is 3. The van der Waals surface area contributed by atoms with Gasteiger partial charge in [-0.25, -0.2) is 4.98 Å². The van der Waals surface area contributed by atoms with Crippen molar-refractivity contribution in [1.29, 1.82) is 0 Å². The highest BCUT2D eigenvalue weighted by Gasteiger charge is 2.45. The maximum absolute atomic E-state index is 9.79. The van der Waals surface area contributed by atoms with Gasteiger partial charge in [0.1, 0.15) is 0 Å². The van der Waals surface area contributed by atoms with Crippen LogP contribution < -0.4 is 4.74 Å². The summed E-state index contributed by atoms with van der Waals surface area (Å²) in [6.45, 7) is 1.17. The number of ether oxygens (including phenoxy) is 1. The largest absolute Gasteiger partial charge is 0.476 e. The number of aliphatic hydroxyl groups is 2. The molecule has 1 aliphatic carbocycles. The van der Waals surface area contributed by atoms with E-state index >= 15 is 0 Å². The van der Waals surface area contributed by atoms with Gasteiger partial charge in [0, 0.05) is 24.4 Å². The molecule has 2 N–H and O–H groups in total. The zero-order valence-corrected chi connectivity index (χ0v) is 13.8. The van der Waals surface area contributed by atoms with Crippen LogP contribution in [0.2, 0.25) is 0 Å². The summed E-state index contributed by atoms with van der Waals surface area (Å²) in [6, 6.07) is 0. The lowest BCUT2D eigenvalue weighted by atomic mass is 9.86. The van der Waals surface area contributed by atoms with Gasteiger partial charge in [-0.15, -0.1) is 24.8 Å². The Bertz CT molecular complexity index is 393.